The molecule has 1 amide bonds. The standard InChI is InChI=1S/C21H24N4O/c1-15-6-4-7-18(12-15)21(26)25-9-5-8-24(10-11-25)20-13-16(2)23-17(3)19(20)14-22/h4,6-7,12-13H,5,8-11H2,1-3H3. The van der Waals surface area contributed by atoms with Gasteiger partial charge in [0.25, 0.3) is 5.91 Å². The van der Waals surface area contributed by atoms with E-state index in [2.05, 4.69) is 16.0 Å². The first kappa shape index (κ1) is 17.9. The lowest BCUT2D eigenvalue weighted by atomic mass is 10.1. The summed E-state index contributed by atoms with van der Waals surface area (Å²) in [6, 6.07) is 12.0. The zero-order valence-corrected chi connectivity index (χ0v) is 15.6. The fraction of sp³-hybridized carbons (Fsp3) is 0.381. The van der Waals surface area contributed by atoms with Gasteiger partial charge in [0.15, 0.2) is 0 Å². The van der Waals surface area contributed by atoms with Gasteiger partial charge in [-0.3, -0.25) is 9.78 Å². The van der Waals surface area contributed by atoms with Gasteiger partial charge in [0.1, 0.15) is 6.07 Å². The van der Waals surface area contributed by atoms with Crippen LogP contribution >= 0.6 is 0 Å². The third-order valence-electron chi connectivity index (χ3n) is 4.81. The molecule has 1 saturated heterocycles. The van der Waals surface area contributed by atoms with Crippen molar-refractivity contribution in [2.75, 3.05) is 31.1 Å². The van der Waals surface area contributed by atoms with Gasteiger partial charge < -0.3 is 9.80 Å². The SMILES string of the molecule is Cc1cccc(C(=O)N2CCCN(c3cc(C)nc(C)c3C#N)CC2)c1. The average molecular weight is 348 g/mol. The summed E-state index contributed by atoms with van der Waals surface area (Å²) < 4.78 is 0. The zero-order valence-electron chi connectivity index (χ0n) is 15.6. The van der Waals surface area contributed by atoms with Crippen LogP contribution in [0.1, 0.15) is 39.3 Å². The Morgan fingerprint density at radius 2 is 1.92 bits per heavy atom. The van der Waals surface area contributed by atoms with Gasteiger partial charge in [-0.2, -0.15) is 5.26 Å². The Balaban J connectivity index is 1.79. The molecule has 0 atom stereocenters. The molecule has 3 rings (SSSR count). The number of nitrogens with zero attached hydrogens (tertiary/aromatic N) is 4. The largest absolute Gasteiger partial charge is 0.369 e. The van der Waals surface area contributed by atoms with E-state index in [1.54, 1.807) is 0 Å². The van der Waals surface area contributed by atoms with Gasteiger partial charge >= 0.3 is 0 Å². The highest BCUT2D eigenvalue weighted by atomic mass is 16.2. The van der Waals surface area contributed by atoms with Crippen LogP contribution in [0.4, 0.5) is 5.69 Å². The van der Waals surface area contributed by atoms with E-state index >= 15 is 0 Å². The first-order chi connectivity index (χ1) is 12.5. The molecule has 5 nitrogen and oxygen atoms in total. The fourth-order valence-electron chi connectivity index (χ4n) is 3.52. The summed E-state index contributed by atoms with van der Waals surface area (Å²) in [4.78, 5) is 21.4. The molecule has 0 N–H and O–H groups in total. The number of aromatic nitrogens is 1. The van der Waals surface area contributed by atoms with Crippen molar-refractivity contribution in [2.45, 2.75) is 27.2 Å². The topological polar surface area (TPSA) is 60.2 Å². The van der Waals surface area contributed by atoms with Gasteiger partial charge in [-0.1, -0.05) is 17.7 Å². The first-order valence-electron chi connectivity index (χ1n) is 8.99. The molecule has 1 fully saturated rings. The predicted molar refractivity (Wildman–Crippen MR) is 102 cm³/mol. The van der Waals surface area contributed by atoms with Crippen LogP contribution in [0.15, 0.2) is 30.3 Å². The Morgan fingerprint density at radius 3 is 2.65 bits per heavy atom. The van der Waals surface area contributed by atoms with Crippen LogP contribution in [0.2, 0.25) is 0 Å². The van der Waals surface area contributed by atoms with Crippen molar-refractivity contribution in [3.63, 3.8) is 0 Å². The molecule has 2 aromatic rings. The number of carbonyl (C=O) groups excluding carboxylic acids is 1. The molecule has 0 spiro atoms. The highest BCUT2D eigenvalue weighted by Crippen LogP contribution is 2.25. The van der Waals surface area contributed by atoms with E-state index in [1.807, 2.05) is 56.0 Å². The van der Waals surface area contributed by atoms with Crippen molar-refractivity contribution >= 4 is 11.6 Å². The lowest BCUT2D eigenvalue weighted by Crippen LogP contribution is -2.35. The third kappa shape index (κ3) is 3.70. The van der Waals surface area contributed by atoms with E-state index in [0.29, 0.717) is 12.1 Å². The average Bonchev–Trinajstić information content (AvgIpc) is 2.86. The van der Waals surface area contributed by atoms with Crippen LogP contribution < -0.4 is 4.90 Å². The number of anilines is 1. The summed E-state index contributed by atoms with van der Waals surface area (Å²) in [5, 5.41) is 9.52. The van der Waals surface area contributed by atoms with Crippen molar-refractivity contribution in [1.82, 2.24) is 9.88 Å². The molecule has 0 saturated carbocycles. The van der Waals surface area contributed by atoms with E-state index < -0.39 is 0 Å². The summed E-state index contributed by atoms with van der Waals surface area (Å²) in [7, 11) is 0. The van der Waals surface area contributed by atoms with E-state index in [4.69, 9.17) is 0 Å². The van der Waals surface area contributed by atoms with Crippen molar-refractivity contribution < 1.29 is 4.79 Å². The van der Waals surface area contributed by atoms with Crippen molar-refractivity contribution in [1.29, 1.82) is 5.26 Å². The van der Waals surface area contributed by atoms with Crippen LogP contribution in [0, 0.1) is 32.1 Å². The molecule has 1 aromatic heterocycles. The number of hydrogen-bond donors (Lipinski definition) is 0. The summed E-state index contributed by atoms with van der Waals surface area (Å²) in [5.41, 5.74) is 5.07. The van der Waals surface area contributed by atoms with E-state index in [-0.39, 0.29) is 5.91 Å². The highest BCUT2D eigenvalue weighted by Gasteiger charge is 2.22. The van der Waals surface area contributed by atoms with Gasteiger partial charge in [-0.05, 0) is 45.4 Å². The highest BCUT2D eigenvalue weighted by molar-refractivity contribution is 5.94. The molecule has 0 unspecified atom stereocenters. The number of aryl methyl sites for hydroxylation is 3. The number of rotatable bonds is 2. The number of carbonyl (C=O) groups is 1. The molecule has 2 heterocycles. The molecule has 5 heteroatoms. The van der Waals surface area contributed by atoms with Crippen molar-refractivity contribution in [3.05, 3.63) is 58.4 Å². The maximum absolute atomic E-state index is 12.8. The van der Waals surface area contributed by atoms with Crippen LogP contribution in [0.3, 0.4) is 0 Å². The fourth-order valence-corrected chi connectivity index (χ4v) is 3.52. The molecular weight excluding hydrogens is 324 g/mol. The second kappa shape index (κ2) is 7.57. The summed E-state index contributed by atoms with van der Waals surface area (Å²) in [6.07, 6.45) is 0.878. The third-order valence-corrected chi connectivity index (χ3v) is 4.81. The number of benzene rings is 1. The summed E-state index contributed by atoms with van der Waals surface area (Å²) in [6.45, 7) is 8.75. The molecular formula is C21H24N4O. The number of amides is 1. The molecule has 0 bridgehead atoms. The van der Waals surface area contributed by atoms with Crippen LogP contribution in [0.25, 0.3) is 0 Å². The Labute approximate surface area is 154 Å². The monoisotopic (exact) mass is 348 g/mol. The minimum Gasteiger partial charge on any atom is -0.369 e. The Bertz CT molecular complexity index is 869. The molecule has 1 aliphatic rings. The lowest BCUT2D eigenvalue weighted by molar-refractivity contribution is 0.0767. The van der Waals surface area contributed by atoms with Crippen LogP contribution in [0.5, 0.6) is 0 Å². The maximum Gasteiger partial charge on any atom is 0.253 e. The second-order valence-electron chi connectivity index (χ2n) is 6.86. The van der Waals surface area contributed by atoms with Crippen LogP contribution in [-0.2, 0) is 0 Å². The van der Waals surface area contributed by atoms with E-state index in [0.717, 1.165) is 54.3 Å². The smallest absolute Gasteiger partial charge is 0.253 e. The number of pyridine rings is 1. The second-order valence-corrected chi connectivity index (χ2v) is 6.86. The van der Waals surface area contributed by atoms with Crippen LogP contribution in [-0.4, -0.2) is 42.0 Å². The zero-order chi connectivity index (χ0) is 18.7. The van der Waals surface area contributed by atoms with Gasteiger partial charge in [0, 0.05) is 37.4 Å². The molecule has 1 aromatic carbocycles. The summed E-state index contributed by atoms with van der Waals surface area (Å²) >= 11 is 0. The predicted octanol–water partition coefficient (Wildman–Crippen LogP) is 3.23. The van der Waals surface area contributed by atoms with Gasteiger partial charge in [-0.15, -0.1) is 0 Å². The summed E-state index contributed by atoms with van der Waals surface area (Å²) in [5.74, 6) is 0.0816. The van der Waals surface area contributed by atoms with Gasteiger partial charge in [0.2, 0.25) is 0 Å². The maximum atomic E-state index is 12.8. The molecule has 0 radical (unpaired) electrons. The quantitative estimate of drug-likeness (QED) is 0.836. The number of hydrogen-bond acceptors (Lipinski definition) is 4. The Hall–Kier alpha value is -2.87. The van der Waals surface area contributed by atoms with Gasteiger partial charge in [-0.25, -0.2) is 0 Å². The molecule has 134 valence electrons. The minimum absolute atomic E-state index is 0.0816. The minimum atomic E-state index is 0.0816. The Morgan fingerprint density at radius 1 is 1.12 bits per heavy atom. The first-order valence-corrected chi connectivity index (χ1v) is 8.99. The molecule has 26 heavy (non-hydrogen) atoms. The normalized spacial score (nSPS) is 14.7. The molecule has 0 aliphatic carbocycles. The van der Waals surface area contributed by atoms with E-state index in [1.165, 1.54) is 0 Å². The number of nitriles is 1. The molecule has 1 aliphatic heterocycles. The van der Waals surface area contributed by atoms with E-state index in [9.17, 15) is 10.1 Å². The van der Waals surface area contributed by atoms with Gasteiger partial charge in [0.05, 0.1) is 16.9 Å². The Kier molecular flexibility index (Phi) is 5.22. The lowest BCUT2D eigenvalue weighted by Gasteiger charge is -2.25. The van der Waals surface area contributed by atoms with Crippen molar-refractivity contribution in [2.24, 2.45) is 0 Å². The van der Waals surface area contributed by atoms with Crippen molar-refractivity contribution in [3.8, 4) is 6.07 Å².